The predicted octanol–water partition coefficient (Wildman–Crippen LogP) is -6.76. The number of carbonyl (C=O) groups excluding carboxylic acids is 2. The molecule has 0 bridgehead atoms. The normalized spacial score (nSPS) is 10.5. The van der Waals surface area contributed by atoms with Gasteiger partial charge in [-0.3, -0.25) is 9.80 Å². The number of amides is 1. The van der Waals surface area contributed by atoms with Crippen LogP contribution in [0.25, 0.3) is 0 Å². The third-order valence-electron chi connectivity index (χ3n) is 2.22. The van der Waals surface area contributed by atoms with Crippen LogP contribution >= 0.6 is 0 Å². The smallest absolute Gasteiger partial charge is 0.744 e. The van der Waals surface area contributed by atoms with Crippen molar-refractivity contribution in [3.8, 4) is 0 Å². The van der Waals surface area contributed by atoms with E-state index in [4.69, 9.17) is 0 Å². The van der Waals surface area contributed by atoms with Crippen LogP contribution in [-0.4, -0.2) is 43.4 Å². The number of hydrogen-bond acceptors (Lipinski definition) is 8. The third-order valence-corrected chi connectivity index (χ3v) is 3.09. The van der Waals surface area contributed by atoms with Crippen LogP contribution in [0.5, 0.6) is 0 Å². The van der Waals surface area contributed by atoms with Crippen LogP contribution in [0.3, 0.4) is 0 Å². The Morgan fingerprint density at radius 1 is 1.29 bits per heavy atom. The molecule has 0 spiro atoms. The molecule has 0 unspecified atom stereocenters. The summed E-state index contributed by atoms with van der Waals surface area (Å²) in [6, 6.07) is 3.40. The Hall–Kier alpha value is -0.530. The van der Waals surface area contributed by atoms with Gasteiger partial charge in [-0.1, -0.05) is 5.22 Å². The van der Waals surface area contributed by atoms with Crippen molar-refractivity contribution < 1.29 is 86.8 Å². The van der Waals surface area contributed by atoms with Gasteiger partial charge in [0, 0.05) is 14.0 Å². The maximum Gasteiger partial charge on any atom is 1.00 e. The van der Waals surface area contributed by atoms with Crippen LogP contribution in [0.4, 0.5) is 11.4 Å². The molecule has 0 radical (unpaired) electrons. The minimum Gasteiger partial charge on any atom is -0.744 e. The summed E-state index contributed by atoms with van der Waals surface area (Å²) in [5.41, 5.74) is -0.182. The molecule has 0 aliphatic heterocycles. The number of hydrogen-bond donors (Lipinski definition) is 1. The van der Waals surface area contributed by atoms with Crippen molar-refractivity contribution in [2.75, 3.05) is 18.9 Å². The molecule has 0 saturated carbocycles. The second-order valence-corrected chi connectivity index (χ2v) is 5.54. The minimum absolute atomic E-state index is 0. The molecule has 24 heavy (non-hydrogen) atoms. The molecular weight excluding hydrogens is 362 g/mol. The van der Waals surface area contributed by atoms with Gasteiger partial charge >= 0.3 is 59.1 Å². The van der Waals surface area contributed by atoms with Gasteiger partial charge in [-0.05, 0) is 18.2 Å². The summed E-state index contributed by atoms with van der Waals surface area (Å²) in [5.74, 6) is -1.92. The first-order valence-corrected chi connectivity index (χ1v) is 7.20. The summed E-state index contributed by atoms with van der Waals surface area (Å²) in [4.78, 5) is 20.7. The molecule has 0 aliphatic carbocycles. The van der Waals surface area contributed by atoms with Gasteiger partial charge in [0.25, 0.3) is 0 Å². The topological polar surface area (TPSA) is 154 Å². The molecular formula is C11H12N4Na2O6S. The standard InChI is InChI=1S/C11H14N4O6S.2Na/c1-7(16)12-9-4-3-8(5-10(9)22(19,20)21)13-14-15(2)6-11(17)18;;/h3-5H,6H2,1-2H3,(H,12,16)(H,17,18)(H,19,20,21);;/q;2*+1/p-2. The molecule has 1 aromatic carbocycles. The number of likely N-dealkylation sites (N-methyl/N-ethyl adjacent to an activating group) is 1. The van der Waals surface area contributed by atoms with E-state index in [1.807, 2.05) is 0 Å². The van der Waals surface area contributed by atoms with Crippen molar-refractivity contribution in [1.82, 2.24) is 5.01 Å². The van der Waals surface area contributed by atoms with Gasteiger partial charge in [-0.25, -0.2) is 8.42 Å². The van der Waals surface area contributed by atoms with Crippen molar-refractivity contribution in [2.24, 2.45) is 10.3 Å². The molecule has 0 atom stereocenters. The maximum atomic E-state index is 11.2. The fraction of sp³-hybridized carbons (Fsp3) is 0.273. The zero-order chi connectivity index (χ0) is 16.9. The summed E-state index contributed by atoms with van der Waals surface area (Å²) < 4.78 is 33.6. The van der Waals surface area contributed by atoms with E-state index in [9.17, 15) is 27.7 Å². The number of carboxylic acids is 1. The fourth-order valence-electron chi connectivity index (χ4n) is 1.42. The molecule has 0 heterocycles. The number of rotatable bonds is 6. The first kappa shape index (κ1) is 25.7. The van der Waals surface area contributed by atoms with Gasteiger partial charge < -0.3 is 19.8 Å². The Labute approximate surface area is 183 Å². The Morgan fingerprint density at radius 3 is 2.33 bits per heavy atom. The molecule has 0 fully saturated rings. The van der Waals surface area contributed by atoms with Gasteiger partial charge in [0.1, 0.15) is 10.1 Å². The quantitative estimate of drug-likeness (QED) is 0.225. The zero-order valence-corrected chi connectivity index (χ0v) is 18.5. The molecule has 1 aromatic rings. The molecule has 0 aromatic heterocycles. The Balaban J connectivity index is 0. The molecule has 0 saturated heterocycles. The summed E-state index contributed by atoms with van der Waals surface area (Å²) in [6.45, 7) is 0.643. The van der Waals surface area contributed by atoms with Crippen molar-refractivity contribution in [3.05, 3.63) is 18.2 Å². The zero-order valence-electron chi connectivity index (χ0n) is 13.6. The average Bonchev–Trinajstić information content (AvgIpc) is 2.34. The molecule has 13 heteroatoms. The van der Waals surface area contributed by atoms with Crippen molar-refractivity contribution in [1.29, 1.82) is 0 Å². The number of nitrogens with zero attached hydrogens (tertiary/aromatic N) is 3. The van der Waals surface area contributed by atoms with Gasteiger partial charge in [-0.15, -0.1) is 5.11 Å². The number of carbonyl (C=O) groups is 2. The van der Waals surface area contributed by atoms with Gasteiger partial charge in [0.2, 0.25) is 5.91 Å². The third kappa shape index (κ3) is 9.08. The first-order valence-electron chi connectivity index (χ1n) is 5.80. The fourth-order valence-corrected chi connectivity index (χ4v) is 2.07. The van der Waals surface area contributed by atoms with Crippen LogP contribution in [0.2, 0.25) is 0 Å². The second-order valence-electron chi connectivity index (χ2n) is 4.19. The van der Waals surface area contributed by atoms with Gasteiger partial charge in [-0.2, -0.15) is 0 Å². The molecule has 1 amide bonds. The van der Waals surface area contributed by atoms with Crippen LogP contribution in [0, 0.1) is 0 Å². The number of aliphatic carboxylic acids is 1. The minimum atomic E-state index is -4.84. The van der Waals surface area contributed by atoms with Crippen LogP contribution < -0.4 is 69.5 Å². The largest absolute Gasteiger partial charge is 1.00 e. The van der Waals surface area contributed by atoms with E-state index >= 15 is 0 Å². The Bertz CT molecular complexity index is 725. The van der Waals surface area contributed by atoms with Crippen LogP contribution in [0.1, 0.15) is 6.92 Å². The molecule has 1 rings (SSSR count). The summed E-state index contributed by atoms with van der Waals surface area (Å²) in [5, 5.41) is 20.6. The average molecular weight is 374 g/mol. The maximum absolute atomic E-state index is 11.2. The monoisotopic (exact) mass is 374 g/mol. The van der Waals surface area contributed by atoms with E-state index in [-0.39, 0.29) is 70.5 Å². The van der Waals surface area contributed by atoms with E-state index < -0.39 is 33.4 Å². The van der Waals surface area contributed by atoms with Crippen molar-refractivity contribution >= 4 is 33.4 Å². The Kier molecular flexibility index (Phi) is 11.9. The van der Waals surface area contributed by atoms with E-state index in [2.05, 4.69) is 15.7 Å². The molecule has 10 nitrogen and oxygen atoms in total. The van der Waals surface area contributed by atoms with E-state index in [0.29, 0.717) is 0 Å². The van der Waals surface area contributed by atoms with Crippen molar-refractivity contribution in [2.45, 2.75) is 11.8 Å². The van der Waals surface area contributed by atoms with Gasteiger partial charge in [0.05, 0.1) is 28.8 Å². The number of carboxylic acid groups (broad SMARTS) is 1. The first-order chi connectivity index (χ1) is 10.1. The number of anilines is 1. The second kappa shape index (κ2) is 11.2. The van der Waals surface area contributed by atoms with Crippen molar-refractivity contribution in [3.63, 3.8) is 0 Å². The van der Waals surface area contributed by atoms with E-state index in [1.165, 1.54) is 19.2 Å². The molecule has 120 valence electrons. The SMILES string of the molecule is CC(=O)Nc1ccc(N=NN(C)CC(=O)[O-])cc1S(=O)(=O)[O-].[Na+].[Na+]. The number of nitrogens with one attached hydrogen (secondary N) is 1. The van der Waals surface area contributed by atoms with Crippen LogP contribution in [0.15, 0.2) is 33.4 Å². The summed E-state index contributed by atoms with van der Waals surface area (Å²) in [7, 11) is -3.53. The van der Waals surface area contributed by atoms with E-state index in [1.54, 1.807) is 0 Å². The van der Waals surface area contributed by atoms with Crippen LogP contribution in [-0.2, 0) is 19.7 Å². The number of benzene rings is 1. The molecule has 1 N–H and O–H groups in total. The Morgan fingerprint density at radius 2 is 1.88 bits per heavy atom. The van der Waals surface area contributed by atoms with E-state index in [0.717, 1.165) is 18.0 Å². The summed E-state index contributed by atoms with van der Waals surface area (Å²) >= 11 is 0. The summed E-state index contributed by atoms with van der Waals surface area (Å²) in [6.07, 6.45) is 0. The predicted molar refractivity (Wildman–Crippen MR) is 70.9 cm³/mol. The van der Waals surface area contributed by atoms with Gasteiger partial charge in [0.15, 0.2) is 0 Å². The molecule has 0 aliphatic rings.